The van der Waals surface area contributed by atoms with Crippen molar-refractivity contribution < 1.29 is 14.3 Å². The summed E-state index contributed by atoms with van der Waals surface area (Å²) in [4.78, 5) is 29.3. The lowest BCUT2D eigenvalue weighted by Gasteiger charge is -2.34. The molecule has 0 saturated carbocycles. The first-order valence-corrected chi connectivity index (χ1v) is 7.75. The van der Waals surface area contributed by atoms with Gasteiger partial charge in [0.2, 0.25) is 5.91 Å². The highest BCUT2D eigenvalue weighted by Gasteiger charge is 2.23. The highest BCUT2D eigenvalue weighted by atomic mass is 127. The number of hydrogen-bond donors (Lipinski definition) is 2. The summed E-state index contributed by atoms with van der Waals surface area (Å²) in [6, 6.07) is 0. The molecule has 0 aliphatic carbocycles. The van der Waals surface area contributed by atoms with Crippen molar-refractivity contribution in [2.75, 3.05) is 40.8 Å². The summed E-state index contributed by atoms with van der Waals surface area (Å²) in [5.74, 6) is 0.894. The minimum atomic E-state index is -0.229. The Kier molecular flexibility index (Phi) is 10.9. The molecule has 8 heteroatoms. The minimum Gasteiger partial charge on any atom is -0.469 e. The monoisotopic (exact) mass is 440 g/mol. The minimum absolute atomic E-state index is 0. The van der Waals surface area contributed by atoms with E-state index in [-0.39, 0.29) is 41.8 Å². The van der Waals surface area contributed by atoms with Gasteiger partial charge in [-0.05, 0) is 18.8 Å². The number of methoxy groups -OCH3 is 1. The Bertz CT molecular complexity index is 410. The summed E-state index contributed by atoms with van der Waals surface area (Å²) in [5.41, 5.74) is 0. The molecule has 1 rings (SSSR count). The van der Waals surface area contributed by atoms with Gasteiger partial charge < -0.3 is 20.3 Å². The lowest BCUT2D eigenvalue weighted by atomic mass is 9.93. The van der Waals surface area contributed by atoms with Crippen molar-refractivity contribution in [2.45, 2.75) is 26.2 Å². The first-order valence-electron chi connectivity index (χ1n) is 7.75. The number of ether oxygens (including phenoxy) is 1. The summed E-state index contributed by atoms with van der Waals surface area (Å²) in [5, 5.41) is 5.89. The molecule has 7 nitrogen and oxygen atoms in total. The Balaban J connectivity index is 0.00000484. The molecule has 0 aromatic heterocycles. The lowest BCUT2D eigenvalue weighted by Crippen LogP contribution is -2.47. The summed E-state index contributed by atoms with van der Waals surface area (Å²) in [6.07, 6.45) is 2.54. The van der Waals surface area contributed by atoms with Gasteiger partial charge in [0, 0.05) is 40.2 Å². The normalized spacial score (nSPS) is 17.0. The van der Waals surface area contributed by atoms with Gasteiger partial charge in [0.1, 0.15) is 0 Å². The molecule has 134 valence electrons. The molecule has 1 aliphatic rings. The second-order valence-electron chi connectivity index (χ2n) is 5.66. The van der Waals surface area contributed by atoms with Crippen LogP contribution in [-0.4, -0.2) is 63.6 Å². The molecule has 1 amide bonds. The molecular formula is C15H29IN4O3. The molecule has 0 bridgehead atoms. The molecule has 0 aromatic rings. The van der Waals surface area contributed by atoms with E-state index in [2.05, 4.69) is 20.5 Å². The Hall–Kier alpha value is -1.06. The zero-order valence-electron chi connectivity index (χ0n) is 14.4. The summed E-state index contributed by atoms with van der Waals surface area (Å²) in [6.45, 7) is 4.06. The zero-order chi connectivity index (χ0) is 16.5. The molecule has 1 atom stereocenters. The predicted octanol–water partition coefficient (Wildman–Crippen LogP) is 0.837. The van der Waals surface area contributed by atoms with Gasteiger partial charge in [-0.25, -0.2) is 0 Å². The molecule has 1 fully saturated rings. The van der Waals surface area contributed by atoms with Crippen LogP contribution in [0.2, 0.25) is 0 Å². The van der Waals surface area contributed by atoms with Crippen LogP contribution in [0, 0.1) is 11.8 Å². The Labute approximate surface area is 155 Å². The van der Waals surface area contributed by atoms with Crippen molar-refractivity contribution in [2.24, 2.45) is 16.8 Å². The quantitative estimate of drug-likeness (QED) is 0.287. The van der Waals surface area contributed by atoms with E-state index < -0.39 is 0 Å². The fourth-order valence-corrected chi connectivity index (χ4v) is 2.57. The number of amides is 1. The molecule has 1 saturated heterocycles. The molecule has 0 spiro atoms. The second-order valence-corrected chi connectivity index (χ2v) is 5.66. The van der Waals surface area contributed by atoms with E-state index in [1.54, 1.807) is 14.1 Å². The van der Waals surface area contributed by atoms with E-state index >= 15 is 0 Å². The highest BCUT2D eigenvalue weighted by molar-refractivity contribution is 14.0. The Morgan fingerprint density at radius 1 is 1.35 bits per heavy atom. The second kappa shape index (κ2) is 11.5. The van der Waals surface area contributed by atoms with Crippen molar-refractivity contribution in [3.63, 3.8) is 0 Å². The van der Waals surface area contributed by atoms with Crippen LogP contribution in [0.25, 0.3) is 0 Å². The fraction of sp³-hybridized carbons (Fsp3) is 0.800. The van der Waals surface area contributed by atoms with Crippen LogP contribution in [-0.2, 0) is 14.3 Å². The number of esters is 1. The first-order chi connectivity index (χ1) is 10.5. The van der Waals surface area contributed by atoms with E-state index in [4.69, 9.17) is 4.74 Å². The number of nitrogens with zero attached hydrogens (tertiary/aromatic N) is 2. The number of likely N-dealkylation sites (tertiary alicyclic amines) is 1. The van der Waals surface area contributed by atoms with Crippen LogP contribution >= 0.6 is 24.0 Å². The van der Waals surface area contributed by atoms with Crippen LogP contribution in [0.1, 0.15) is 26.2 Å². The standard InChI is InChI=1S/C15H28N4O3.HI/c1-11(14(21)22-4)10-18-15(17-3)19-7-5-12(6-8-19)9-13(20)16-2;/h11-12H,5-10H2,1-4H3,(H,16,20)(H,17,18);1H. The first kappa shape index (κ1) is 21.9. The maximum Gasteiger partial charge on any atom is 0.310 e. The SMILES string of the molecule is CN=C(NCC(C)C(=O)OC)N1CCC(CC(=O)NC)CC1.I. The topological polar surface area (TPSA) is 83.0 Å². The number of piperidine rings is 1. The van der Waals surface area contributed by atoms with Gasteiger partial charge in [-0.2, -0.15) is 0 Å². The molecule has 23 heavy (non-hydrogen) atoms. The zero-order valence-corrected chi connectivity index (χ0v) is 16.8. The van der Waals surface area contributed by atoms with Gasteiger partial charge in [-0.15, -0.1) is 24.0 Å². The number of nitrogens with one attached hydrogen (secondary N) is 2. The number of halogens is 1. The van der Waals surface area contributed by atoms with E-state index in [9.17, 15) is 9.59 Å². The van der Waals surface area contributed by atoms with Crippen LogP contribution in [0.4, 0.5) is 0 Å². The lowest BCUT2D eigenvalue weighted by molar-refractivity contribution is -0.144. The third-order valence-electron chi connectivity index (χ3n) is 4.05. The molecule has 0 aromatic carbocycles. The average Bonchev–Trinajstić information content (AvgIpc) is 2.55. The van der Waals surface area contributed by atoms with Gasteiger partial charge in [0.25, 0.3) is 0 Å². The molecular weight excluding hydrogens is 411 g/mol. The predicted molar refractivity (Wildman–Crippen MR) is 101 cm³/mol. The van der Waals surface area contributed by atoms with Gasteiger partial charge in [0.15, 0.2) is 5.96 Å². The third kappa shape index (κ3) is 7.36. The maximum atomic E-state index is 11.4. The largest absolute Gasteiger partial charge is 0.469 e. The number of carbonyl (C=O) groups excluding carboxylic acids is 2. The van der Waals surface area contributed by atoms with Crippen molar-refractivity contribution in [3.8, 4) is 0 Å². The number of guanidine groups is 1. The molecule has 1 aliphatic heterocycles. The van der Waals surface area contributed by atoms with Crippen molar-refractivity contribution in [3.05, 3.63) is 0 Å². The van der Waals surface area contributed by atoms with Crippen LogP contribution in [0.3, 0.4) is 0 Å². The maximum absolute atomic E-state index is 11.4. The van der Waals surface area contributed by atoms with E-state index in [1.807, 2.05) is 6.92 Å². The van der Waals surface area contributed by atoms with E-state index in [1.165, 1.54) is 7.11 Å². The highest BCUT2D eigenvalue weighted by Crippen LogP contribution is 2.20. The van der Waals surface area contributed by atoms with Gasteiger partial charge in [-0.3, -0.25) is 14.6 Å². The third-order valence-corrected chi connectivity index (χ3v) is 4.05. The smallest absolute Gasteiger partial charge is 0.310 e. The van der Waals surface area contributed by atoms with Crippen LogP contribution in [0.15, 0.2) is 4.99 Å². The van der Waals surface area contributed by atoms with Crippen LogP contribution in [0.5, 0.6) is 0 Å². The van der Waals surface area contributed by atoms with Crippen molar-refractivity contribution >= 4 is 41.8 Å². The van der Waals surface area contributed by atoms with E-state index in [0.717, 1.165) is 31.9 Å². The Morgan fingerprint density at radius 3 is 2.43 bits per heavy atom. The molecule has 2 N–H and O–H groups in total. The number of carbonyl (C=O) groups is 2. The number of hydrogen-bond acceptors (Lipinski definition) is 4. The van der Waals surface area contributed by atoms with Crippen molar-refractivity contribution in [1.82, 2.24) is 15.5 Å². The number of aliphatic imine (C=N–C) groups is 1. The van der Waals surface area contributed by atoms with Crippen molar-refractivity contribution in [1.29, 1.82) is 0 Å². The van der Waals surface area contributed by atoms with Gasteiger partial charge in [0.05, 0.1) is 13.0 Å². The Morgan fingerprint density at radius 2 is 1.96 bits per heavy atom. The van der Waals surface area contributed by atoms with E-state index in [0.29, 0.717) is 18.9 Å². The van der Waals surface area contributed by atoms with Crippen LogP contribution < -0.4 is 10.6 Å². The molecule has 1 heterocycles. The fourth-order valence-electron chi connectivity index (χ4n) is 2.57. The van der Waals surface area contributed by atoms with Gasteiger partial charge >= 0.3 is 5.97 Å². The summed E-state index contributed by atoms with van der Waals surface area (Å²) >= 11 is 0. The molecule has 1 unspecified atom stereocenters. The molecule has 0 radical (unpaired) electrons. The summed E-state index contributed by atoms with van der Waals surface area (Å²) < 4.78 is 4.71. The summed E-state index contributed by atoms with van der Waals surface area (Å²) in [7, 11) is 4.80. The average molecular weight is 440 g/mol. The number of rotatable bonds is 5. The van der Waals surface area contributed by atoms with Gasteiger partial charge in [-0.1, -0.05) is 6.92 Å².